The van der Waals surface area contributed by atoms with Gasteiger partial charge in [0, 0.05) is 6.42 Å². The van der Waals surface area contributed by atoms with Gasteiger partial charge in [0.25, 0.3) is 0 Å². The van der Waals surface area contributed by atoms with Crippen LogP contribution >= 0.6 is 36.2 Å². The number of nitrogens with zero attached hydrogens (tertiary/aromatic N) is 1. The van der Waals surface area contributed by atoms with Gasteiger partial charge in [0.2, 0.25) is 0 Å². The molecule has 0 saturated heterocycles. The third-order valence-electron chi connectivity index (χ3n) is 1.90. The molecule has 0 spiro atoms. The number of aryl methyl sites for hydroxylation is 2. The van der Waals surface area contributed by atoms with Gasteiger partial charge in [0.1, 0.15) is 4.88 Å². The van der Waals surface area contributed by atoms with Crippen molar-refractivity contribution in [1.82, 2.24) is 4.98 Å². The third kappa shape index (κ3) is 5.68. The van der Waals surface area contributed by atoms with Crippen molar-refractivity contribution in [2.45, 2.75) is 26.7 Å². The van der Waals surface area contributed by atoms with E-state index in [1.807, 2.05) is 6.92 Å². The summed E-state index contributed by atoms with van der Waals surface area (Å²) >= 11 is 1.41. The monoisotopic (exact) mass is 300 g/mol. The number of halogens is 2. The highest BCUT2D eigenvalue weighted by atomic mass is 35.5. The van der Waals surface area contributed by atoms with E-state index < -0.39 is 0 Å². The summed E-state index contributed by atoms with van der Waals surface area (Å²) in [5, 5.41) is 0.959. The van der Waals surface area contributed by atoms with Crippen molar-refractivity contribution in [2.24, 2.45) is 5.73 Å². The Bertz CT molecular complexity index is 345. The first-order chi connectivity index (χ1) is 7.19. The van der Waals surface area contributed by atoms with Crippen LogP contribution in [0.4, 0.5) is 0 Å². The Morgan fingerprint density at radius 3 is 2.65 bits per heavy atom. The van der Waals surface area contributed by atoms with E-state index in [0.29, 0.717) is 18.0 Å². The summed E-state index contributed by atoms with van der Waals surface area (Å²) in [5.41, 5.74) is 6.17. The van der Waals surface area contributed by atoms with Crippen molar-refractivity contribution in [3.8, 4) is 0 Å². The smallest absolute Gasteiger partial charge is 0.350 e. The maximum atomic E-state index is 11.5. The molecule has 0 bridgehead atoms. The molecule has 4 nitrogen and oxygen atoms in total. The molecule has 17 heavy (non-hydrogen) atoms. The van der Waals surface area contributed by atoms with Crippen molar-refractivity contribution >= 4 is 42.1 Å². The zero-order valence-corrected chi connectivity index (χ0v) is 12.3. The van der Waals surface area contributed by atoms with Crippen LogP contribution in [0.5, 0.6) is 0 Å². The van der Waals surface area contributed by atoms with Gasteiger partial charge in [-0.15, -0.1) is 36.2 Å². The first-order valence-electron chi connectivity index (χ1n) is 5.02. The van der Waals surface area contributed by atoms with Crippen LogP contribution in [0.1, 0.15) is 33.7 Å². The van der Waals surface area contributed by atoms with Crippen molar-refractivity contribution in [3.05, 3.63) is 15.6 Å². The Hall–Kier alpha value is -0.360. The Morgan fingerprint density at radius 2 is 2.12 bits per heavy atom. The molecular weight excluding hydrogens is 283 g/mol. The Balaban J connectivity index is 0. The number of nitrogens with two attached hydrogens (primary N) is 1. The highest BCUT2D eigenvalue weighted by Crippen LogP contribution is 2.20. The first kappa shape index (κ1) is 19.0. The molecule has 0 aliphatic carbocycles. The number of hydrogen-bond acceptors (Lipinski definition) is 5. The summed E-state index contributed by atoms with van der Waals surface area (Å²) in [7, 11) is 0. The van der Waals surface area contributed by atoms with Crippen molar-refractivity contribution in [2.75, 3.05) is 13.2 Å². The van der Waals surface area contributed by atoms with Crippen molar-refractivity contribution in [3.63, 3.8) is 0 Å². The topological polar surface area (TPSA) is 65.2 Å². The standard InChI is InChI=1S/C10H16N2O2S.2ClH/c1-3-14-10(13)9-7(2)12-8(15-9)5-4-6-11;;/h3-6,11H2,1-2H3;2*1H. The average molecular weight is 301 g/mol. The third-order valence-corrected chi connectivity index (χ3v) is 3.09. The molecular formula is C10H18Cl2N2O2S. The summed E-state index contributed by atoms with van der Waals surface area (Å²) < 4.78 is 4.93. The van der Waals surface area contributed by atoms with Gasteiger partial charge in [-0.05, 0) is 26.8 Å². The highest BCUT2D eigenvalue weighted by molar-refractivity contribution is 7.13. The van der Waals surface area contributed by atoms with Gasteiger partial charge in [0.05, 0.1) is 17.3 Å². The van der Waals surface area contributed by atoms with Crippen LogP contribution in [-0.4, -0.2) is 24.1 Å². The van der Waals surface area contributed by atoms with Gasteiger partial charge in [0.15, 0.2) is 0 Å². The maximum absolute atomic E-state index is 11.5. The first-order valence-corrected chi connectivity index (χ1v) is 5.84. The highest BCUT2D eigenvalue weighted by Gasteiger charge is 2.15. The fraction of sp³-hybridized carbons (Fsp3) is 0.600. The fourth-order valence-corrected chi connectivity index (χ4v) is 2.20. The average Bonchev–Trinajstić information content (AvgIpc) is 2.57. The number of hydrogen-bond donors (Lipinski definition) is 1. The second kappa shape index (κ2) is 9.65. The van der Waals surface area contributed by atoms with E-state index in [1.165, 1.54) is 11.3 Å². The SMILES string of the molecule is CCOC(=O)c1sc(CCCN)nc1C.Cl.Cl. The van der Waals surface area contributed by atoms with Crippen LogP contribution in [0.15, 0.2) is 0 Å². The molecule has 1 rings (SSSR count). The summed E-state index contributed by atoms with van der Waals surface area (Å²) in [6, 6.07) is 0. The van der Waals surface area contributed by atoms with E-state index >= 15 is 0 Å². The second-order valence-corrected chi connectivity index (χ2v) is 4.22. The minimum Gasteiger partial charge on any atom is -0.462 e. The summed E-state index contributed by atoms with van der Waals surface area (Å²) in [6.07, 6.45) is 1.73. The molecule has 1 aromatic heterocycles. The molecule has 1 aromatic rings. The van der Waals surface area contributed by atoms with E-state index in [2.05, 4.69) is 4.98 Å². The second-order valence-electron chi connectivity index (χ2n) is 3.13. The number of ether oxygens (including phenoxy) is 1. The number of carbonyl (C=O) groups is 1. The molecule has 7 heteroatoms. The summed E-state index contributed by atoms with van der Waals surface area (Å²) in [6.45, 7) is 4.67. The quantitative estimate of drug-likeness (QED) is 0.848. The van der Waals surface area contributed by atoms with Crippen molar-refractivity contribution in [1.29, 1.82) is 0 Å². The van der Waals surface area contributed by atoms with E-state index in [-0.39, 0.29) is 30.8 Å². The van der Waals surface area contributed by atoms with Crippen LogP contribution in [0.25, 0.3) is 0 Å². The van der Waals surface area contributed by atoms with Gasteiger partial charge in [-0.2, -0.15) is 0 Å². The number of rotatable bonds is 5. The van der Waals surface area contributed by atoms with E-state index in [9.17, 15) is 4.79 Å². The predicted octanol–water partition coefficient (Wildman–Crippen LogP) is 2.36. The Kier molecular flexibility index (Phi) is 10.8. The number of thiazole rings is 1. The van der Waals surface area contributed by atoms with E-state index in [0.717, 1.165) is 23.5 Å². The minimum atomic E-state index is -0.272. The predicted molar refractivity (Wildman–Crippen MR) is 74.7 cm³/mol. The molecule has 0 aliphatic heterocycles. The molecule has 0 aliphatic rings. The summed E-state index contributed by atoms with van der Waals surface area (Å²) in [5.74, 6) is -0.272. The van der Waals surface area contributed by atoms with E-state index in [4.69, 9.17) is 10.5 Å². The van der Waals surface area contributed by atoms with Crippen LogP contribution in [0.3, 0.4) is 0 Å². The minimum absolute atomic E-state index is 0. The molecule has 1 heterocycles. The van der Waals surface area contributed by atoms with Crippen LogP contribution < -0.4 is 5.73 Å². The number of carbonyl (C=O) groups excluding carboxylic acids is 1. The molecule has 0 saturated carbocycles. The fourth-order valence-electron chi connectivity index (χ4n) is 1.20. The lowest BCUT2D eigenvalue weighted by atomic mass is 10.3. The van der Waals surface area contributed by atoms with E-state index in [1.54, 1.807) is 6.92 Å². The van der Waals surface area contributed by atoms with Crippen LogP contribution in [0.2, 0.25) is 0 Å². The lowest BCUT2D eigenvalue weighted by Crippen LogP contribution is -2.03. The molecule has 2 N–H and O–H groups in total. The van der Waals surface area contributed by atoms with Gasteiger partial charge in [-0.25, -0.2) is 9.78 Å². The molecule has 0 aromatic carbocycles. The zero-order valence-electron chi connectivity index (χ0n) is 9.89. The lowest BCUT2D eigenvalue weighted by Gasteiger charge is -1.97. The summed E-state index contributed by atoms with van der Waals surface area (Å²) in [4.78, 5) is 16.4. The molecule has 0 unspecified atom stereocenters. The lowest BCUT2D eigenvalue weighted by molar-refractivity contribution is 0.0531. The van der Waals surface area contributed by atoms with Crippen LogP contribution in [0, 0.1) is 6.92 Å². The molecule has 100 valence electrons. The largest absolute Gasteiger partial charge is 0.462 e. The van der Waals surface area contributed by atoms with Gasteiger partial charge < -0.3 is 10.5 Å². The molecule has 0 atom stereocenters. The molecule has 0 amide bonds. The van der Waals surface area contributed by atoms with Gasteiger partial charge in [-0.1, -0.05) is 0 Å². The zero-order chi connectivity index (χ0) is 11.3. The Morgan fingerprint density at radius 1 is 1.47 bits per heavy atom. The van der Waals surface area contributed by atoms with Gasteiger partial charge in [-0.3, -0.25) is 0 Å². The maximum Gasteiger partial charge on any atom is 0.350 e. The molecule has 0 fully saturated rings. The van der Waals surface area contributed by atoms with Gasteiger partial charge >= 0.3 is 5.97 Å². The normalized spacial score (nSPS) is 9.12. The Labute approximate surface area is 118 Å². The molecule has 0 radical (unpaired) electrons. The number of esters is 1. The van der Waals surface area contributed by atoms with Crippen molar-refractivity contribution < 1.29 is 9.53 Å². The number of aromatic nitrogens is 1. The van der Waals surface area contributed by atoms with Crippen LogP contribution in [-0.2, 0) is 11.2 Å².